The highest BCUT2D eigenvalue weighted by Crippen LogP contribution is 2.27. The van der Waals surface area contributed by atoms with Crippen molar-refractivity contribution in [3.8, 4) is 17.2 Å². The van der Waals surface area contributed by atoms with E-state index in [1.165, 1.54) is 5.00 Å². The lowest BCUT2D eigenvalue weighted by molar-refractivity contribution is 0.307. The molecule has 32 heavy (non-hydrogen) atoms. The molecule has 0 saturated carbocycles. The topological polar surface area (TPSA) is 67.4 Å². The minimum atomic E-state index is 0. The Hall–Kier alpha value is -1.88. The zero-order valence-corrected chi connectivity index (χ0v) is 22.3. The smallest absolute Gasteiger partial charge is 0.191 e. The van der Waals surface area contributed by atoms with Crippen molar-refractivity contribution in [1.82, 2.24) is 10.6 Å². The molecular weight excluding hydrogens is 539 g/mol. The van der Waals surface area contributed by atoms with Crippen molar-refractivity contribution in [2.75, 3.05) is 51.9 Å². The van der Waals surface area contributed by atoms with E-state index in [9.17, 15) is 0 Å². The Kier molecular flexibility index (Phi) is 11.8. The largest absolute Gasteiger partial charge is 0.496 e. The van der Waals surface area contributed by atoms with Gasteiger partial charge in [-0.1, -0.05) is 0 Å². The molecule has 3 rings (SSSR count). The Morgan fingerprint density at radius 2 is 1.81 bits per heavy atom. The summed E-state index contributed by atoms with van der Waals surface area (Å²) in [6.45, 7) is 6.38. The fourth-order valence-electron chi connectivity index (χ4n) is 3.52. The number of hydrogen-bond acceptors (Lipinski definition) is 6. The molecule has 1 fully saturated rings. The monoisotopic (exact) mass is 574 g/mol. The van der Waals surface area contributed by atoms with Gasteiger partial charge in [0.25, 0.3) is 0 Å². The van der Waals surface area contributed by atoms with Gasteiger partial charge in [0.1, 0.15) is 17.2 Å². The molecule has 1 saturated heterocycles. The van der Waals surface area contributed by atoms with E-state index in [4.69, 9.17) is 19.2 Å². The Morgan fingerprint density at radius 1 is 1.12 bits per heavy atom. The van der Waals surface area contributed by atoms with Crippen LogP contribution in [0.4, 0.5) is 5.00 Å². The lowest BCUT2D eigenvalue weighted by Crippen LogP contribution is -2.48. The van der Waals surface area contributed by atoms with Crippen molar-refractivity contribution < 1.29 is 14.2 Å². The predicted molar refractivity (Wildman–Crippen MR) is 144 cm³/mol. The first-order valence-corrected chi connectivity index (χ1v) is 11.8. The molecule has 1 aromatic heterocycles. The van der Waals surface area contributed by atoms with Crippen LogP contribution < -0.4 is 29.7 Å². The molecule has 2 heterocycles. The Morgan fingerprint density at radius 3 is 2.41 bits per heavy atom. The molecule has 0 unspecified atom stereocenters. The van der Waals surface area contributed by atoms with E-state index in [2.05, 4.69) is 40.0 Å². The molecule has 0 atom stereocenters. The second kappa shape index (κ2) is 14.3. The second-order valence-corrected chi connectivity index (χ2v) is 8.29. The zero-order valence-electron chi connectivity index (χ0n) is 19.1. The molecule has 178 valence electrons. The van der Waals surface area contributed by atoms with Crippen LogP contribution in [-0.4, -0.2) is 59.0 Å². The number of rotatable bonds is 10. The summed E-state index contributed by atoms with van der Waals surface area (Å²) in [5.74, 6) is 3.06. The SMILES string of the molecule is CCNC(=NCCCOc1cc(OC)cc(OC)c1)NC1CCN(c2cccs2)CC1.I. The van der Waals surface area contributed by atoms with Crippen LogP contribution in [0.5, 0.6) is 17.2 Å². The number of nitrogens with one attached hydrogen (secondary N) is 2. The van der Waals surface area contributed by atoms with Crippen molar-refractivity contribution in [1.29, 1.82) is 0 Å². The number of benzene rings is 1. The highest BCUT2D eigenvalue weighted by atomic mass is 127. The van der Waals surface area contributed by atoms with Crippen molar-refractivity contribution in [2.45, 2.75) is 32.2 Å². The summed E-state index contributed by atoms with van der Waals surface area (Å²) >= 11 is 1.81. The maximum atomic E-state index is 5.86. The Balaban J connectivity index is 0.00000363. The van der Waals surface area contributed by atoms with Gasteiger partial charge in [-0.3, -0.25) is 4.99 Å². The van der Waals surface area contributed by atoms with Gasteiger partial charge in [-0.15, -0.1) is 35.3 Å². The summed E-state index contributed by atoms with van der Waals surface area (Å²) in [5.41, 5.74) is 0. The molecule has 2 N–H and O–H groups in total. The van der Waals surface area contributed by atoms with Crippen LogP contribution in [0.3, 0.4) is 0 Å². The number of anilines is 1. The first kappa shape index (κ1) is 26.4. The van der Waals surface area contributed by atoms with E-state index in [-0.39, 0.29) is 24.0 Å². The van der Waals surface area contributed by atoms with E-state index >= 15 is 0 Å². The maximum absolute atomic E-state index is 5.86. The maximum Gasteiger partial charge on any atom is 0.191 e. The minimum absolute atomic E-state index is 0. The number of methoxy groups -OCH3 is 2. The van der Waals surface area contributed by atoms with E-state index < -0.39 is 0 Å². The molecule has 0 spiro atoms. The van der Waals surface area contributed by atoms with Crippen LogP contribution in [0.2, 0.25) is 0 Å². The number of aliphatic imine (C=N–C) groups is 1. The van der Waals surface area contributed by atoms with Gasteiger partial charge in [0.15, 0.2) is 5.96 Å². The molecule has 1 aliphatic heterocycles. The number of nitrogens with zero attached hydrogens (tertiary/aromatic N) is 2. The minimum Gasteiger partial charge on any atom is -0.496 e. The number of halogens is 1. The third-order valence-electron chi connectivity index (χ3n) is 5.16. The van der Waals surface area contributed by atoms with Crippen LogP contribution in [0.1, 0.15) is 26.2 Å². The fourth-order valence-corrected chi connectivity index (χ4v) is 4.30. The van der Waals surface area contributed by atoms with Crippen LogP contribution in [0.25, 0.3) is 0 Å². The summed E-state index contributed by atoms with van der Waals surface area (Å²) in [4.78, 5) is 7.20. The van der Waals surface area contributed by atoms with Gasteiger partial charge >= 0.3 is 0 Å². The van der Waals surface area contributed by atoms with Gasteiger partial charge < -0.3 is 29.7 Å². The summed E-state index contributed by atoms with van der Waals surface area (Å²) in [6.07, 6.45) is 3.05. The van der Waals surface area contributed by atoms with Gasteiger partial charge in [-0.25, -0.2) is 0 Å². The van der Waals surface area contributed by atoms with Gasteiger partial charge in [-0.2, -0.15) is 0 Å². The summed E-state index contributed by atoms with van der Waals surface area (Å²) in [5, 5.41) is 10.5. The van der Waals surface area contributed by atoms with Crippen LogP contribution in [0, 0.1) is 0 Å². The first-order valence-electron chi connectivity index (χ1n) is 10.9. The number of ether oxygens (including phenoxy) is 3. The fraction of sp³-hybridized carbons (Fsp3) is 0.522. The number of hydrogen-bond donors (Lipinski definition) is 2. The third kappa shape index (κ3) is 8.23. The average Bonchev–Trinajstić information content (AvgIpc) is 3.34. The van der Waals surface area contributed by atoms with Crippen molar-refractivity contribution in [2.24, 2.45) is 4.99 Å². The molecule has 0 radical (unpaired) electrons. The Bertz CT molecular complexity index is 789. The summed E-state index contributed by atoms with van der Waals surface area (Å²) in [7, 11) is 3.27. The number of piperidine rings is 1. The molecule has 7 nitrogen and oxygen atoms in total. The van der Waals surface area contributed by atoms with Gasteiger partial charge in [-0.05, 0) is 37.3 Å². The molecule has 2 aromatic rings. The molecule has 0 aliphatic carbocycles. The van der Waals surface area contributed by atoms with Crippen molar-refractivity contribution in [3.63, 3.8) is 0 Å². The quantitative estimate of drug-likeness (QED) is 0.190. The van der Waals surface area contributed by atoms with E-state index in [1.54, 1.807) is 14.2 Å². The molecule has 9 heteroatoms. The summed E-state index contributed by atoms with van der Waals surface area (Å²) in [6, 6.07) is 10.3. The van der Waals surface area contributed by atoms with Gasteiger partial charge in [0.2, 0.25) is 0 Å². The van der Waals surface area contributed by atoms with Crippen molar-refractivity contribution >= 4 is 46.3 Å². The molecule has 0 amide bonds. The first-order chi connectivity index (χ1) is 15.2. The normalized spacial score (nSPS) is 14.5. The van der Waals surface area contributed by atoms with Gasteiger partial charge in [0.05, 0.1) is 25.8 Å². The Labute approximate surface area is 212 Å². The van der Waals surface area contributed by atoms with Crippen LogP contribution in [-0.2, 0) is 0 Å². The zero-order chi connectivity index (χ0) is 21.9. The second-order valence-electron chi connectivity index (χ2n) is 7.37. The van der Waals surface area contributed by atoms with Crippen LogP contribution >= 0.6 is 35.3 Å². The highest BCUT2D eigenvalue weighted by molar-refractivity contribution is 14.0. The molecule has 1 aromatic carbocycles. The van der Waals surface area contributed by atoms with E-state index in [0.717, 1.165) is 62.1 Å². The summed E-state index contributed by atoms with van der Waals surface area (Å²) < 4.78 is 16.4. The highest BCUT2D eigenvalue weighted by Gasteiger charge is 2.20. The lowest BCUT2D eigenvalue weighted by atomic mass is 10.1. The standard InChI is InChI=1S/C23H34N4O3S.HI/c1-4-24-23(26-18-8-11-27(12-9-18)22-7-5-14-31-22)25-10-6-13-30-21-16-19(28-2)15-20(17-21)29-3;/h5,7,14-18H,4,6,8-13H2,1-3H3,(H2,24,25,26);1H. The van der Waals surface area contributed by atoms with E-state index in [0.29, 0.717) is 19.2 Å². The number of thiophene rings is 1. The van der Waals surface area contributed by atoms with Crippen molar-refractivity contribution in [3.05, 3.63) is 35.7 Å². The lowest BCUT2D eigenvalue weighted by Gasteiger charge is -2.33. The molecule has 0 bridgehead atoms. The van der Waals surface area contributed by atoms with E-state index in [1.807, 2.05) is 29.5 Å². The third-order valence-corrected chi connectivity index (χ3v) is 6.09. The number of guanidine groups is 1. The predicted octanol–water partition coefficient (Wildman–Crippen LogP) is 4.38. The molecule has 1 aliphatic rings. The molecular formula is C23H35IN4O3S. The van der Waals surface area contributed by atoms with Crippen LogP contribution in [0.15, 0.2) is 40.7 Å². The van der Waals surface area contributed by atoms with Gasteiger partial charge in [0, 0.05) is 56.8 Å². The average molecular weight is 575 g/mol.